The van der Waals surface area contributed by atoms with Crippen LogP contribution in [0.2, 0.25) is 0 Å². The summed E-state index contributed by atoms with van der Waals surface area (Å²) in [5, 5.41) is 0. The number of hydrogen-bond donors (Lipinski definition) is 0. The number of pyridine rings is 1. The van der Waals surface area contributed by atoms with Crippen LogP contribution in [0.4, 0.5) is 0 Å². The number of benzene rings is 1. The first-order valence-corrected chi connectivity index (χ1v) is 6.81. The highest BCUT2D eigenvalue weighted by atomic mass is 16.5. The van der Waals surface area contributed by atoms with E-state index < -0.39 is 0 Å². The van der Waals surface area contributed by atoms with E-state index in [0.717, 1.165) is 11.4 Å². The molecule has 0 aliphatic carbocycles. The molecule has 2 aromatic heterocycles. The molecule has 2 heterocycles. The largest absolute Gasteiger partial charge is 0.481 e. The number of nitrogens with zero attached hydrogens (tertiary/aromatic N) is 2. The van der Waals surface area contributed by atoms with Crippen LogP contribution < -0.4 is 9.14 Å². The van der Waals surface area contributed by atoms with Crippen molar-refractivity contribution in [1.82, 2.24) is 4.57 Å². The van der Waals surface area contributed by atoms with Crippen molar-refractivity contribution in [2.75, 3.05) is 0 Å². The quantitative estimate of drug-likeness (QED) is 0.667. The van der Waals surface area contributed by atoms with E-state index in [9.17, 15) is 0 Å². The van der Waals surface area contributed by atoms with Crippen LogP contribution in [-0.4, -0.2) is 4.57 Å². The van der Waals surface area contributed by atoms with Gasteiger partial charge in [-0.3, -0.25) is 0 Å². The van der Waals surface area contributed by atoms with Gasteiger partial charge in [-0.1, -0.05) is 30.3 Å². The predicted molar refractivity (Wildman–Crippen MR) is 78.8 cm³/mol. The van der Waals surface area contributed by atoms with Crippen LogP contribution in [0.15, 0.2) is 48.7 Å². The Kier molecular flexibility index (Phi) is 3.18. The van der Waals surface area contributed by atoms with Gasteiger partial charge in [-0.2, -0.15) is 4.40 Å². The molecule has 0 unspecified atom stereocenters. The molecule has 0 saturated heterocycles. The number of imidazole rings is 1. The van der Waals surface area contributed by atoms with Gasteiger partial charge in [-0.25, -0.2) is 4.57 Å². The number of rotatable bonds is 3. The van der Waals surface area contributed by atoms with Crippen molar-refractivity contribution in [2.24, 2.45) is 7.05 Å². The molecular weight excluding hydrogens is 248 g/mol. The molecular formula is C17H19N2O+. The molecule has 0 fully saturated rings. The summed E-state index contributed by atoms with van der Waals surface area (Å²) in [5.41, 5.74) is 4.77. The third kappa shape index (κ3) is 2.05. The van der Waals surface area contributed by atoms with Gasteiger partial charge in [-0.05, 0) is 17.7 Å². The monoisotopic (exact) mass is 267 g/mol. The highest BCUT2D eigenvalue weighted by molar-refractivity contribution is 5.50. The standard InChI is InChI=1S/C17H19N2O/c1-13-14(2)19-11-7-10-16(17(19)18(13)3)20-12-15-8-5-4-6-9-15/h4-11H,12H2,1-3H3/q+1. The predicted octanol–water partition coefficient (Wildman–Crippen LogP) is 2.96. The molecule has 102 valence electrons. The van der Waals surface area contributed by atoms with Gasteiger partial charge in [-0.15, -0.1) is 0 Å². The van der Waals surface area contributed by atoms with Crippen molar-refractivity contribution < 1.29 is 9.14 Å². The van der Waals surface area contributed by atoms with E-state index in [1.807, 2.05) is 30.3 Å². The number of aromatic nitrogens is 2. The lowest BCUT2D eigenvalue weighted by atomic mass is 10.2. The van der Waals surface area contributed by atoms with Gasteiger partial charge in [0.05, 0.1) is 13.2 Å². The normalized spacial score (nSPS) is 10.9. The highest BCUT2D eigenvalue weighted by Crippen LogP contribution is 2.20. The van der Waals surface area contributed by atoms with Gasteiger partial charge in [0.1, 0.15) is 18.0 Å². The van der Waals surface area contributed by atoms with Crippen molar-refractivity contribution >= 4 is 5.65 Å². The molecule has 0 saturated carbocycles. The Morgan fingerprint density at radius 1 is 1.05 bits per heavy atom. The van der Waals surface area contributed by atoms with E-state index in [1.54, 1.807) is 0 Å². The van der Waals surface area contributed by atoms with E-state index in [0.29, 0.717) is 6.61 Å². The lowest BCUT2D eigenvalue weighted by Gasteiger charge is -2.05. The zero-order valence-electron chi connectivity index (χ0n) is 12.1. The van der Waals surface area contributed by atoms with E-state index >= 15 is 0 Å². The summed E-state index contributed by atoms with van der Waals surface area (Å²) >= 11 is 0. The SMILES string of the molecule is Cc1c(C)[n+]2cccc(OCc3ccccc3)c2n1C. The van der Waals surface area contributed by atoms with Crippen LogP contribution in [-0.2, 0) is 13.7 Å². The van der Waals surface area contributed by atoms with Crippen molar-refractivity contribution in [3.05, 3.63) is 65.6 Å². The summed E-state index contributed by atoms with van der Waals surface area (Å²) in [6, 6.07) is 14.3. The van der Waals surface area contributed by atoms with Gasteiger partial charge < -0.3 is 4.74 Å². The molecule has 0 atom stereocenters. The maximum atomic E-state index is 6.01. The molecule has 0 bridgehead atoms. The molecule has 3 heteroatoms. The molecule has 0 amide bonds. The van der Waals surface area contributed by atoms with Crippen LogP contribution >= 0.6 is 0 Å². The molecule has 1 aromatic carbocycles. The van der Waals surface area contributed by atoms with Crippen LogP contribution in [0, 0.1) is 13.8 Å². The second-order valence-electron chi connectivity index (χ2n) is 5.07. The minimum absolute atomic E-state index is 0.587. The third-order valence-corrected chi connectivity index (χ3v) is 3.87. The summed E-state index contributed by atoms with van der Waals surface area (Å²) < 4.78 is 10.4. The average Bonchev–Trinajstić information content (AvgIpc) is 2.72. The van der Waals surface area contributed by atoms with E-state index in [-0.39, 0.29) is 0 Å². The minimum atomic E-state index is 0.587. The summed E-state index contributed by atoms with van der Waals surface area (Å²) in [6.07, 6.45) is 2.08. The maximum absolute atomic E-state index is 6.01. The van der Waals surface area contributed by atoms with Crippen molar-refractivity contribution in [1.29, 1.82) is 0 Å². The fraction of sp³-hybridized carbons (Fsp3) is 0.235. The van der Waals surface area contributed by atoms with Crippen molar-refractivity contribution in [3.63, 3.8) is 0 Å². The summed E-state index contributed by atoms with van der Waals surface area (Å²) in [7, 11) is 2.08. The maximum Gasteiger partial charge on any atom is 0.329 e. The zero-order valence-corrected chi connectivity index (χ0v) is 12.1. The molecule has 3 aromatic rings. The molecule has 0 N–H and O–H groups in total. The summed E-state index contributed by atoms with van der Waals surface area (Å²) in [4.78, 5) is 0. The fourth-order valence-corrected chi connectivity index (χ4v) is 2.50. The fourth-order valence-electron chi connectivity index (χ4n) is 2.50. The van der Waals surface area contributed by atoms with Crippen LogP contribution in [0.3, 0.4) is 0 Å². The van der Waals surface area contributed by atoms with Gasteiger partial charge in [0.25, 0.3) is 0 Å². The first-order valence-electron chi connectivity index (χ1n) is 6.81. The van der Waals surface area contributed by atoms with Crippen molar-refractivity contribution in [2.45, 2.75) is 20.5 Å². The first kappa shape index (κ1) is 12.7. The van der Waals surface area contributed by atoms with Gasteiger partial charge >= 0.3 is 5.65 Å². The van der Waals surface area contributed by atoms with Crippen LogP contribution in [0.5, 0.6) is 5.75 Å². The molecule has 3 nitrogen and oxygen atoms in total. The topological polar surface area (TPSA) is 18.3 Å². The number of aryl methyl sites for hydroxylation is 2. The minimum Gasteiger partial charge on any atom is -0.481 e. The van der Waals surface area contributed by atoms with Gasteiger partial charge in [0.2, 0.25) is 5.75 Å². The second kappa shape index (κ2) is 5.00. The Bertz CT molecular complexity index is 745. The zero-order chi connectivity index (χ0) is 14.1. The lowest BCUT2D eigenvalue weighted by molar-refractivity contribution is -0.519. The number of hydrogen-bond acceptors (Lipinski definition) is 1. The van der Waals surface area contributed by atoms with E-state index in [4.69, 9.17) is 4.74 Å². The van der Waals surface area contributed by atoms with Crippen LogP contribution in [0.25, 0.3) is 5.65 Å². The summed E-state index contributed by atoms with van der Waals surface area (Å²) in [6.45, 7) is 4.84. The van der Waals surface area contributed by atoms with Gasteiger partial charge in [0.15, 0.2) is 0 Å². The Balaban J connectivity index is 1.98. The molecule has 0 radical (unpaired) electrons. The van der Waals surface area contributed by atoms with E-state index in [1.165, 1.54) is 17.0 Å². The molecule has 20 heavy (non-hydrogen) atoms. The Morgan fingerprint density at radius 2 is 1.80 bits per heavy atom. The average molecular weight is 267 g/mol. The highest BCUT2D eigenvalue weighted by Gasteiger charge is 2.20. The first-order chi connectivity index (χ1) is 9.68. The van der Waals surface area contributed by atoms with Crippen molar-refractivity contribution in [3.8, 4) is 5.75 Å². The molecule has 0 spiro atoms. The van der Waals surface area contributed by atoms with E-state index in [2.05, 4.69) is 48.2 Å². The smallest absolute Gasteiger partial charge is 0.329 e. The third-order valence-electron chi connectivity index (χ3n) is 3.87. The lowest BCUT2D eigenvalue weighted by Crippen LogP contribution is -2.23. The Labute approximate surface area is 119 Å². The summed E-state index contributed by atoms with van der Waals surface area (Å²) in [5.74, 6) is 0.912. The molecule has 0 aliphatic rings. The Morgan fingerprint density at radius 3 is 2.55 bits per heavy atom. The number of fused-ring (bicyclic) bond motifs is 1. The number of ether oxygens (including phenoxy) is 1. The molecule has 3 rings (SSSR count). The molecule has 0 aliphatic heterocycles. The van der Waals surface area contributed by atoms with Gasteiger partial charge in [0, 0.05) is 13.8 Å². The van der Waals surface area contributed by atoms with Crippen LogP contribution in [0.1, 0.15) is 17.0 Å². The Hall–Kier alpha value is -2.29. The second-order valence-corrected chi connectivity index (χ2v) is 5.07.